The van der Waals surface area contributed by atoms with E-state index in [-0.39, 0.29) is 17.6 Å². The maximum absolute atomic E-state index is 12.3. The van der Waals surface area contributed by atoms with E-state index in [0.717, 1.165) is 26.4 Å². The van der Waals surface area contributed by atoms with E-state index in [9.17, 15) is 9.59 Å². The highest BCUT2D eigenvalue weighted by Gasteiger charge is 2.12. The van der Waals surface area contributed by atoms with Crippen molar-refractivity contribution in [3.8, 4) is 0 Å². The molecule has 0 spiro atoms. The van der Waals surface area contributed by atoms with E-state index in [1.807, 2.05) is 49.4 Å². The summed E-state index contributed by atoms with van der Waals surface area (Å²) in [6.07, 6.45) is 1.73. The number of amides is 2. The summed E-state index contributed by atoms with van der Waals surface area (Å²) in [5.41, 5.74) is 6.39. The number of rotatable bonds is 6. The molecule has 7 heteroatoms. The summed E-state index contributed by atoms with van der Waals surface area (Å²) in [4.78, 5) is 30.7. The monoisotopic (exact) mass is 397 g/mol. The minimum absolute atomic E-state index is 0.182. The molecule has 3 rings (SSSR count). The average molecular weight is 398 g/mol. The molecular weight excluding hydrogens is 378 g/mol. The number of carbonyl (C=O) groups excluding carboxylic acids is 2. The number of fused-ring (bicyclic) bond motifs is 1. The van der Waals surface area contributed by atoms with Crippen molar-refractivity contribution in [3.05, 3.63) is 66.4 Å². The SMILES string of the molecule is CCSc1ccccc1C(=O)NNC(=O)CSc1cccc2cccnc12. The first-order chi connectivity index (χ1) is 13.2. The van der Waals surface area contributed by atoms with Crippen molar-refractivity contribution in [1.82, 2.24) is 15.8 Å². The Bertz CT molecular complexity index is 957. The number of pyridine rings is 1. The number of hydrogen-bond acceptors (Lipinski definition) is 5. The van der Waals surface area contributed by atoms with Crippen molar-refractivity contribution in [1.29, 1.82) is 0 Å². The third kappa shape index (κ3) is 5.02. The zero-order valence-electron chi connectivity index (χ0n) is 14.8. The first-order valence-corrected chi connectivity index (χ1v) is 10.4. The van der Waals surface area contributed by atoms with Crippen molar-refractivity contribution in [2.75, 3.05) is 11.5 Å². The van der Waals surface area contributed by atoms with Crippen LogP contribution in [0.4, 0.5) is 0 Å². The molecular formula is C20H19N3O2S2. The van der Waals surface area contributed by atoms with Crippen LogP contribution < -0.4 is 10.9 Å². The number of hydrazine groups is 1. The fraction of sp³-hybridized carbons (Fsp3) is 0.150. The second kappa shape index (κ2) is 9.43. The van der Waals surface area contributed by atoms with Crippen LogP contribution in [0.3, 0.4) is 0 Å². The molecule has 3 aromatic rings. The molecule has 0 aliphatic heterocycles. The largest absolute Gasteiger partial charge is 0.272 e. The highest BCUT2D eigenvalue weighted by molar-refractivity contribution is 8.00. The van der Waals surface area contributed by atoms with Gasteiger partial charge in [-0.05, 0) is 30.0 Å². The van der Waals surface area contributed by atoms with E-state index in [2.05, 4.69) is 15.8 Å². The minimum atomic E-state index is -0.322. The molecule has 0 aliphatic rings. The van der Waals surface area contributed by atoms with Gasteiger partial charge in [0.2, 0.25) is 5.91 Å². The Balaban J connectivity index is 1.56. The second-order valence-electron chi connectivity index (χ2n) is 5.55. The van der Waals surface area contributed by atoms with Crippen molar-refractivity contribution >= 4 is 46.2 Å². The van der Waals surface area contributed by atoms with Gasteiger partial charge in [0.15, 0.2) is 0 Å². The van der Waals surface area contributed by atoms with Gasteiger partial charge in [0.1, 0.15) is 0 Å². The van der Waals surface area contributed by atoms with Crippen LogP contribution in [0.5, 0.6) is 0 Å². The standard InChI is InChI=1S/C20H19N3O2S2/c1-2-26-16-10-4-3-9-15(16)20(25)23-22-18(24)13-27-17-11-5-7-14-8-6-12-21-19(14)17/h3-12H,2,13H2,1H3,(H,22,24)(H,23,25). The molecule has 2 aromatic carbocycles. The van der Waals surface area contributed by atoms with Crippen LogP contribution in [0.1, 0.15) is 17.3 Å². The molecule has 0 atom stereocenters. The van der Waals surface area contributed by atoms with E-state index in [4.69, 9.17) is 0 Å². The van der Waals surface area contributed by atoms with Gasteiger partial charge in [0.05, 0.1) is 16.8 Å². The van der Waals surface area contributed by atoms with Crippen LogP contribution in [-0.4, -0.2) is 28.3 Å². The fourth-order valence-electron chi connectivity index (χ4n) is 2.50. The van der Waals surface area contributed by atoms with E-state index in [1.54, 1.807) is 30.1 Å². The maximum atomic E-state index is 12.3. The molecule has 1 aromatic heterocycles. The molecule has 0 saturated carbocycles. The van der Waals surface area contributed by atoms with Crippen molar-refractivity contribution in [2.24, 2.45) is 0 Å². The van der Waals surface area contributed by atoms with Gasteiger partial charge in [-0.15, -0.1) is 23.5 Å². The summed E-state index contributed by atoms with van der Waals surface area (Å²) in [7, 11) is 0. The number of aromatic nitrogens is 1. The van der Waals surface area contributed by atoms with Gasteiger partial charge in [0.25, 0.3) is 5.91 Å². The van der Waals surface area contributed by atoms with Crippen molar-refractivity contribution in [2.45, 2.75) is 16.7 Å². The summed E-state index contributed by atoms with van der Waals surface area (Å²) in [6.45, 7) is 2.03. The summed E-state index contributed by atoms with van der Waals surface area (Å²) < 4.78 is 0. The maximum Gasteiger partial charge on any atom is 0.270 e. The van der Waals surface area contributed by atoms with Crippen LogP contribution in [0.2, 0.25) is 0 Å². The lowest BCUT2D eigenvalue weighted by Crippen LogP contribution is -2.42. The molecule has 0 radical (unpaired) electrons. The zero-order chi connectivity index (χ0) is 19.1. The van der Waals surface area contributed by atoms with Crippen LogP contribution in [0.25, 0.3) is 10.9 Å². The Morgan fingerprint density at radius 3 is 2.56 bits per heavy atom. The molecule has 0 fully saturated rings. The molecule has 0 bridgehead atoms. The molecule has 138 valence electrons. The number of nitrogens with one attached hydrogen (secondary N) is 2. The van der Waals surface area contributed by atoms with Crippen LogP contribution >= 0.6 is 23.5 Å². The third-order valence-corrected chi connectivity index (χ3v) is 5.70. The number of hydrogen-bond donors (Lipinski definition) is 2. The van der Waals surface area contributed by atoms with Gasteiger partial charge in [-0.1, -0.05) is 37.3 Å². The van der Waals surface area contributed by atoms with Gasteiger partial charge in [-0.2, -0.15) is 0 Å². The third-order valence-electron chi connectivity index (χ3n) is 3.70. The van der Waals surface area contributed by atoms with Gasteiger partial charge >= 0.3 is 0 Å². The number of thioether (sulfide) groups is 2. The van der Waals surface area contributed by atoms with Crippen molar-refractivity contribution in [3.63, 3.8) is 0 Å². The molecule has 27 heavy (non-hydrogen) atoms. The van der Waals surface area contributed by atoms with E-state index in [1.165, 1.54) is 11.8 Å². The molecule has 0 aliphatic carbocycles. The first-order valence-electron chi connectivity index (χ1n) is 8.46. The van der Waals surface area contributed by atoms with Crippen molar-refractivity contribution < 1.29 is 9.59 Å². The quantitative estimate of drug-likeness (QED) is 0.488. The summed E-state index contributed by atoms with van der Waals surface area (Å²) >= 11 is 2.98. The highest BCUT2D eigenvalue weighted by atomic mass is 32.2. The number of nitrogens with zero attached hydrogens (tertiary/aromatic N) is 1. The van der Waals surface area contributed by atoms with Gasteiger partial charge in [-0.25, -0.2) is 0 Å². The molecule has 2 amide bonds. The zero-order valence-corrected chi connectivity index (χ0v) is 16.4. The second-order valence-corrected chi connectivity index (χ2v) is 7.87. The molecule has 0 saturated heterocycles. The van der Waals surface area contributed by atoms with E-state index in [0.29, 0.717) is 5.56 Å². The number of carbonyl (C=O) groups is 2. The Labute approximate surface area is 166 Å². The topological polar surface area (TPSA) is 71.1 Å². The Morgan fingerprint density at radius 1 is 0.926 bits per heavy atom. The lowest BCUT2D eigenvalue weighted by molar-refractivity contribution is -0.119. The Morgan fingerprint density at radius 2 is 1.70 bits per heavy atom. The lowest BCUT2D eigenvalue weighted by atomic mass is 10.2. The number of benzene rings is 2. The molecule has 5 nitrogen and oxygen atoms in total. The first kappa shape index (κ1) is 19.3. The molecule has 2 N–H and O–H groups in total. The van der Waals surface area contributed by atoms with Crippen LogP contribution in [0, 0.1) is 0 Å². The predicted molar refractivity (Wildman–Crippen MR) is 111 cm³/mol. The van der Waals surface area contributed by atoms with E-state index >= 15 is 0 Å². The Hall–Kier alpha value is -2.51. The van der Waals surface area contributed by atoms with Crippen LogP contribution in [-0.2, 0) is 4.79 Å². The summed E-state index contributed by atoms with van der Waals surface area (Å²) in [6, 6.07) is 17.1. The average Bonchev–Trinajstić information content (AvgIpc) is 2.71. The smallest absolute Gasteiger partial charge is 0.270 e. The minimum Gasteiger partial charge on any atom is -0.272 e. The van der Waals surface area contributed by atoms with E-state index < -0.39 is 0 Å². The van der Waals surface area contributed by atoms with Crippen LogP contribution in [0.15, 0.2) is 70.6 Å². The lowest BCUT2D eigenvalue weighted by Gasteiger charge is -2.10. The van der Waals surface area contributed by atoms with Gasteiger partial charge in [-0.3, -0.25) is 25.4 Å². The molecule has 1 heterocycles. The number of para-hydroxylation sites is 1. The van der Waals surface area contributed by atoms with Gasteiger partial charge < -0.3 is 0 Å². The Kier molecular flexibility index (Phi) is 6.73. The van der Waals surface area contributed by atoms with Gasteiger partial charge in [0, 0.05) is 21.4 Å². The predicted octanol–water partition coefficient (Wildman–Crippen LogP) is 3.90. The highest BCUT2D eigenvalue weighted by Crippen LogP contribution is 2.26. The summed E-state index contributed by atoms with van der Waals surface area (Å²) in [5.74, 6) is 0.451. The fourth-order valence-corrected chi connectivity index (χ4v) is 4.14. The normalized spacial score (nSPS) is 10.6. The molecule has 0 unspecified atom stereocenters. The summed E-state index contributed by atoms with van der Waals surface area (Å²) in [5, 5.41) is 1.03.